The van der Waals surface area contributed by atoms with Gasteiger partial charge in [0.05, 0.1) is 11.5 Å². The minimum atomic E-state index is -0.482. The lowest BCUT2D eigenvalue weighted by atomic mass is 10.3. The highest BCUT2D eigenvalue weighted by atomic mass is 32.1. The number of carbonyl (C=O) groups is 1. The summed E-state index contributed by atoms with van der Waals surface area (Å²) in [5.41, 5.74) is 0. The number of nitrogens with zero attached hydrogens (tertiary/aromatic N) is 1. The first kappa shape index (κ1) is 18.4. The molecule has 2 aromatic rings. The van der Waals surface area contributed by atoms with Crippen LogP contribution in [-0.4, -0.2) is 23.5 Å². The van der Waals surface area contributed by atoms with E-state index in [1.807, 2.05) is 19.1 Å². The number of nitrogens with one attached hydrogen (secondary N) is 1. The Morgan fingerprint density at radius 3 is 3.00 bits per heavy atom. The third-order valence-corrected chi connectivity index (χ3v) is 4.61. The largest absolute Gasteiger partial charge is 0.493 e. The number of rotatable bonds is 8. The van der Waals surface area contributed by atoms with Crippen LogP contribution in [-0.2, 0) is 4.79 Å². The Balaban J connectivity index is 1.57. The molecule has 1 amide bonds. The van der Waals surface area contributed by atoms with Gasteiger partial charge in [-0.25, -0.2) is 9.37 Å². The molecular weight excluding hydrogens is 355 g/mol. The number of ether oxygens (including phenoxy) is 2. The summed E-state index contributed by atoms with van der Waals surface area (Å²) in [6.07, 6.45) is 7.71. The van der Waals surface area contributed by atoms with Crippen LogP contribution in [0.5, 0.6) is 16.7 Å². The van der Waals surface area contributed by atoms with Crippen molar-refractivity contribution in [2.45, 2.75) is 32.7 Å². The first-order valence-electron chi connectivity index (χ1n) is 8.51. The van der Waals surface area contributed by atoms with Crippen molar-refractivity contribution in [3.63, 3.8) is 0 Å². The first-order chi connectivity index (χ1) is 12.5. The third-order valence-electron chi connectivity index (χ3n) is 3.77. The van der Waals surface area contributed by atoms with Crippen LogP contribution in [0, 0.1) is 11.7 Å². The molecule has 1 N–H and O–H groups in total. The Bertz CT molecular complexity index is 802. The minimum absolute atomic E-state index is 0.0837. The number of benzene rings is 1. The minimum Gasteiger partial charge on any atom is -0.493 e. The molecule has 0 bridgehead atoms. The number of carbonyl (C=O) groups excluding carboxylic acids is 1. The van der Waals surface area contributed by atoms with Gasteiger partial charge in [0, 0.05) is 25.2 Å². The summed E-state index contributed by atoms with van der Waals surface area (Å²) in [5, 5.41) is 3.11. The van der Waals surface area contributed by atoms with E-state index >= 15 is 0 Å². The van der Waals surface area contributed by atoms with Gasteiger partial charge in [0.25, 0.3) is 5.19 Å². The summed E-state index contributed by atoms with van der Waals surface area (Å²) in [6, 6.07) is 4.50. The zero-order chi connectivity index (χ0) is 18.5. The van der Waals surface area contributed by atoms with Crippen LogP contribution in [0.2, 0.25) is 0 Å². The van der Waals surface area contributed by atoms with Crippen molar-refractivity contribution in [2.75, 3.05) is 6.61 Å². The molecule has 1 heterocycles. The normalized spacial score (nSPS) is 15.0. The molecule has 0 aliphatic heterocycles. The molecule has 7 heteroatoms. The highest BCUT2D eigenvalue weighted by molar-refractivity contribution is 7.14. The molecule has 1 aliphatic carbocycles. The van der Waals surface area contributed by atoms with E-state index in [0.29, 0.717) is 23.5 Å². The molecule has 0 radical (unpaired) electrons. The van der Waals surface area contributed by atoms with Gasteiger partial charge in [-0.1, -0.05) is 17.4 Å². The van der Waals surface area contributed by atoms with Gasteiger partial charge in [-0.3, -0.25) is 4.79 Å². The zero-order valence-corrected chi connectivity index (χ0v) is 15.5. The first-order valence-corrected chi connectivity index (χ1v) is 9.32. The number of hydrogen-bond donors (Lipinski definition) is 1. The predicted molar refractivity (Wildman–Crippen MR) is 99.1 cm³/mol. The van der Waals surface area contributed by atoms with E-state index in [9.17, 15) is 9.18 Å². The summed E-state index contributed by atoms with van der Waals surface area (Å²) in [6.45, 7) is 3.98. The highest BCUT2D eigenvalue weighted by Crippen LogP contribution is 2.32. The topological polar surface area (TPSA) is 60.5 Å². The van der Waals surface area contributed by atoms with Gasteiger partial charge in [-0.2, -0.15) is 0 Å². The summed E-state index contributed by atoms with van der Waals surface area (Å²) in [5.74, 6) is 0.668. The Morgan fingerprint density at radius 1 is 1.50 bits per heavy atom. The van der Waals surface area contributed by atoms with E-state index in [-0.39, 0.29) is 17.7 Å². The van der Waals surface area contributed by atoms with Gasteiger partial charge in [0.15, 0.2) is 11.6 Å². The molecule has 0 spiro atoms. The van der Waals surface area contributed by atoms with Crippen LogP contribution >= 0.6 is 11.3 Å². The van der Waals surface area contributed by atoms with Crippen LogP contribution in [0.3, 0.4) is 0 Å². The Kier molecular flexibility index (Phi) is 5.88. The van der Waals surface area contributed by atoms with Gasteiger partial charge < -0.3 is 14.8 Å². The van der Waals surface area contributed by atoms with Crippen molar-refractivity contribution >= 4 is 23.3 Å². The molecular formula is C19H21FN2O3S. The average Bonchev–Trinajstić information content (AvgIpc) is 3.31. The van der Waals surface area contributed by atoms with Gasteiger partial charge in [-0.05, 0) is 43.9 Å². The maximum absolute atomic E-state index is 14.2. The van der Waals surface area contributed by atoms with Gasteiger partial charge in [0.1, 0.15) is 5.75 Å². The number of thiazole rings is 1. The molecule has 0 unspecified atom stereocenters. The summed E-state index contributed by atoms with van der Waals surface area (Å²) < 4.78 is 25.3. The highest BCUT2D eigenvalue weighted by Gasteiger charge is 2.22. The molecule has 1 aliphatic rings. The summed E-state index contributed by atoms with van der Waals surface area (Å²) in [4.78, 5) is 16.0. The molecule has 26 heavy (non-hydrogen) atoms. The van der Waals surface area contributed by atoms with Crippen LogP contribution in [0.1, 0.15) is 31.6 Å². The lowest BCUT2D eigenvalue weighted by Crippen LogP contribution is -2.28. The number of hydrogen-bond acceptors (Lipinski definition) is 5. The monoisotopic (exact) mass is 376 g/mol. The van der Waals surface area contributed by atoms with Crippen molar-refractivity contribution in [1.29, 1.82) is 0 Å². The average molecular weight is 376 g/mol. The Labute approximate surface area is 155 Å². The molecule has 1 saturated carbocycles. The van der Waals surface area contributed by atoms with Gasteiger partial charge in [-0.15, -0.1) is 0 Å². The molecule has 1 fully saturated rings. The van der Waals surface area contributed by atoms with Gasteiger partial charge in [0.2, 0.25) is 5.91 Å². The quantitative estimate of drug-likeness (QED) is 0.742. The third kappa shape index (κ3) is 5.56. The Morgan fingerprint density at radius 2 is 2.31 bits per heavy atom. The van der Waals surface area contributed by atoms with Crippen molar-refractivity contribution in [1.82, 2.24) is 10.3 Å². The van der Waals surface area contributed by atoms with Crippen molar-refractivity contribution in [2.24, 2.45) is 5.92 Å². The zero-order valence-electron chi connectivity index (χ0n) is 14.7. The van der Waals surface area contributed by atoms with Crippen molar-refractivity contribution < 1.29 is 18.7 Å². The van der Waals surface area contributed by atoms with Crippen LogP contribution in [0.15, 0.2) is 30.5 Å². The second-order valence-electron chi connectivity index (χ2n) is 6.33. The van der Waals surface area contributed by atoms with E-state index < -0.39 is 5.82 Å². The number of amides is 1. The Hall–Kier alpha value is -2.41. The predicted octanol–water partition coefficient (Wildman–Crippen LogP) is 4.40. The second-order valence-corrected chi connectivity index (χ2v) is 7.35. The molecule has 138 valence electrons. The van der Waals surface area contributed by atoms with Crippen LogP contribution in [0.4, 0.5) is 4.39 Å². The van der Waals surface area contributed by atoms with E-state index in [2.05, 4.69) is 10.3 Å². The van der Waals surface area contributed by atoms with Crippen molar-refractivity contribution in [3.8, 4) is 16.7 Å². The number of halogens is 1. The molecule has 1 aromatic carbocycles. The fourth-order valence-electron chi connectivity index (χ4n) is 2.25. The lowest BCUT2D eigenvalue weighted by Gasteiger charge is -2.07. The SMILES string of the molecule is CC(=O)N[C@@H](C)C=Cc1cnc(Oc2ccc(OCC3CC3)cc2F)s1. The second kappa shape index (κ2) is 8.31. The maximum Gasteiger partial charge on any atom is 0.279 e. The standard InChI is InChI=1S/C19H21FN2O3S/c1-12(22-13(2)23)3-7-16-10-21-19(26-16)25-18-8-6-15(9-17(18)20)24-11-14-4-5-14/h3,6-10,12,14H,4-5,11H2,1-2H3,(H,22,23)/t12-/m0/s1. The van der Waals surface area contributed by atoms with E-state index in [4.69, 9.17) is 9.47 Å². The molecule has 0 saturated heterocycles. The fraction of sp³-hybridized carbons (Fsp3) is 0.368. The fourth-order valence-corrected chi connectivity index (χ4v) is 2.94. The van der Waals surface area contributed by atoms with Gasteiger partial charge >= 0.3 is 0 Å². The molecule has 5 nitrogen and oxygen atoms in total. The van der Waals surface area contributed by atoms with Crippen LogP contribution in [0.25, 0.3) is 6.08 Å². The summed E-state index contributed by atoms with van der Waals surface area (Å²) in [7, 11) is 0. The summed E-state index contributed by atoms with van der Waals surface area (Å²) >= 11 is 1.29. The molecule has 3 rings (SSSR count). The van der Waals surface area contributed by atoms with Crippen molar-refractivity contribution in [3.05, 3.63) is 41.2 Å². The smallest absolute Gasteiger partial charge is 0.279 e. The van der Waals surface area contributed by atoms with E-state index in [1.54, 1.807) is 18.3 Å². The molecule has 1 atom stereocenters. The van der Waals surface area contributed by atoms with E-state index in [1.165, 1.54) is 37.2 Å². The molecule has 1 aromatic heterocycles. The van der Waals surface area contributed by atoms with E-state index in [0.717, 1.165) is 4.88 Å². The maximum atomic E-state index is 14.2. The lowest BCUT2D eigenvalue weighted by molar-refractivity contribution is -0.119. The van der Waals surface area contributed by atoms with Crippen LogP contribution < -0.4 is 14.8 Å². The number of aromatic nitrogens is 1.